The average Bonchev–Trinajstić information content (AvgIpc) is 1.28. The Morgan fingerprint density at radius 3 is 2.27 bits per heavy atom. The van der Waals surface area contributed by atoms with Crippen LogP contribution < -0.4 is 5.32 Å². The van der Waals surface area contributed by atoms with Crippen LogP contribution in [-0.4, -0.2) is 104 Å². The summed E-state index contributed by atoms with van der Waals surface area (Å²) in [5.41, 5.74) is -3.68. The lowest BCUT2D eigenvalue weighted by molar-refractivity contribution is -0.398. The summed E-state index contributed by atoms with van der Waals surface area (Å²) in [6, 6.07) is 36.7. The molecule has 19 rings (SSSR count). The average molecular weight is 1300 g/mol. The first-order chi connectivity index (χ1) is 46.5. The van der Waals surface area contributed by atoms with E-state index in [1.807, 2.05) is 19.2 Å². The number of aliphatic hydroxyl groups excluding tert-OH is 3. The fourth-order valence-corrected chi connectivity index (χ4v) is 28.5. The summed E-state index contributed by atoms with van der Waals surface area (Å²) in [5, 5.41) is 90.4. The van der Waals surface area contributed by atoms with E-state index in [2.05, 4.69) is 115 Å². The highest BCUT2D eigenvalue weighted by Crippen LogP contribution is 2.84. The summed E-state index contributed by atoms with van der Waals surface area (Å²) in [4.78, 5) is 30.9. The van der Waals surface area contributed by atoms with Gasteiger partial charge in [0.25, 0.3) is 0 Å². The fourth-order valence-electron chi connectivity index (χ4n) is 28.5. The van der Waals surface area contributed by atoms with Crippen LogP contribution >= 0.6 is 0 Å². The number of carbonyl (C=O) groups excluding carboxylic acids is 2. The number of benzene rings is 4. The quantitative estimate of drug-likeness (QED) is 0.0530. The zero-order valence-corrected chi connectivity index (χ0v) is 56.6. The molecule has 0 amide bonds. The van der Waals surface area contributed by atoms with Crippen LogP contribution in [0.3, 0.4) is 0 Å². The van der Waals surface area contributed by atoms with Crippen LogP contribution in [0.1, 0.15) is 180 Å². The SMILES string of the molecule is CNC1Cc2c(cccc2CO)C#CC2(CCC(Cc3ccccc3)C2)CC23CCC4C5(C=O)CC67C(CC8Cc9cccc(c9)CC9CCC(C9)C(C)C9CCC(C6O8)C5(O)C(C9)C(O)C4(O)C2(O)CC2CC1C1OC(=O)C=C1C23CO)CC1CC(c2ccccc2)CCC17. The molecule has 27 unspecified atom stereocenters. The van der Waals surface area contributed by atoms with E-state index < -0.39 is 98.4 Å². The maximum Gasteiger partial charge on any atom is 0.331 e. The number of carbonyl (C=O) groups is 2. The summed E-state index contributed by atoms with van der Waals surface area (Å²) in [6.45, 7) is 1.82. The van der Waals surface area contributed by atoms with E-state index in [1.165, 1.54) is 22.3 Å². The topological polar surface area (TPSA) is 186 Å². The minimum atomic E-state index is -2.40. The number of hydrogen-bond donors (Lipinski definition) is 7. The summed E-state index contributed by atoms with van der Waals surface area (Å²) in [7, 11) is 1.93. The lowest BCUT2D eigenvalue weighted by Crippen LogP contribution is -2.87. The van der Waals surface area contributed by atoms with Crippen LogP contribution in [0.4, 0.5) is 0 Å². The summed E-state index contributed by atoms with van der Waals surface area (Å²) >= 11 is 0. The number of aliphatic hydroxyl groups is 6. The van der Waals surface area contributed by atoms with Gasteiger partial charge >= 0.3 is 5.97 Å². The maximum absolute atomic E-state index is 16.3. The Morgan fingerprint density at radius 1 is 0.708 bits per heavy atom. The zero-order chi connectivity index (χ0) is 65.5. The summed E-state index contributed by atoms with van der Waals surface area (Å²) < 4.78 is 14.7. The standard InChI is InChI=1S/C85H103NO10/c1-50-58-20-19-54(34-58)33-52-13-9-14-53(32-52)35-65-39-63-37-62-36-60(56-15-7-4-8-16-56)22-23-68(62)81(63)47-79(48-88)73-27-30-80-46-78(28-25-55(43-78)31-51-11-5-3-6-12-51)29-26-57-17-10-18-61(45-87)66(57)41-72(86-2)67-40-64(82(80,49-89)70-42-74(90)96-75(67)70)44-83(80,92)85(73,94)76(91)71-38-59(50)21-24-69(77(81)95-65)84(71,79)93/h3-18,32,42,48,50,54-55,58-60,62-65,67-69,71-73,75-77,86-87,89,91-94H,19-25,27-28,30-31,33-41,43-47,49H2,1-2H3. The molecule has 508 valence electrons. The largest absolute Gasteiger partial charge is 0.454 e. The number of nitrogens with one attached hydrogen (secondary N) is 1. The molecule has 11 heteroatoms. The number of likely N-dealkylation sites (N-methyl/N-ethyl adjacent to an activating group) is 1. The van der Waals surface area contributed by atoms with Gasteiger partial charge in [-0.15, -0.1) is 0 Å². The second kappa shape index (κ2) is 22.8. The van der Waals surface area contributed by atoms with Crippen molar-refractivity contribution in [2.24, 2.45) is 104 Å². The Hall–Kier alpha value is -5.00. The van der Waals surface area contributed by atoms with Gasteiger partial charge in [0.2, 0.25) is 0 Å². The van der Waals surface area contributed by atoms with Crippen molar-refractivity contribution >= 4 is 12.3 Å². The maximum atomic E-state index is 16.3. The van der Waals surface area contributed by atoms with Crippen LogP contribution in [0.2, 0.25) is 0 Å². The predicted molar refractivity (Wildman–Crippen MR) is 365 cm³/mol. The third-order valence-electron chi connectivity index (χ3n) is 32.1. The van der Waals surface area contributed by atoms with Crippen LogP contribution in [0.25, 0.3) is 0 Å². The van der Waals surface area contributed by atoms with Crippen LogP contribution in [0.15, 0.2) is 115 Å². The van der Waals surface area contributed by atoms with Gasteiger partial charge in [-0.1, -0.05) is 116 Å². The molecule has 12 aliphatic carbocycles. The predicted octanol–water partition coefficient (Wildman–Crippen LogP) is 11.8. The monoisotopic (exact) mass is 1300 g/mol. The van der Waals surface area contributed by atoms with E-state index in [4.69, 9.17) is 9.47 Å². The number of ether oxygens (including phenoxy) is 2. The first-order valence-corrected chi connectivity index (χ1v) is 38.1. The van der Waals surface area contributed by atoms with Gasteiger partial charge in [0.05, 0.1) is 42.5 Å². The molecular formula is C85H103NO10. The number of aldehydes is 1. The smallest absolute Gasteiger partial charge is 0.331 e. The van der Waals surface area contributed by atoms with Crippen LogP contribution in [0, 0.1) is 116 Å². The van der Waals surface area contributed by atoms with Crippen molar-refractivity contribution in [1.82, 2.24) is 5.32 Å². The number of fused-ring (bicyclic) bond motifs is 12. The van der Waals surface area contributed by atoms with Crippen LogP contribution in [-0.2, 0) is 51.4 Å². The minimum absolute atomic E-state index is 0.00146. The van der Waals surface area contributed by atoms with Crippen molar-refractivity contribution < 1.29 is 49.7 Å². The van der Waals surface area contributed by atoms with E-state index in [9.17, 15) is 20.1 Å². The second-order valence-corrected chi connectivity index (χ2v) is 35.1. The van der Waals surface area contributed by atoms with E-state index in [0.717, 1.165) is 106 Å². The molecule has 10 saturated carbocycles. The van der Waals surface area contributed by atoms with Gasteiger partial charge in [-0.3, -0.25) is 0 Å². The lowest BCUT2D eigenvalue weighted by atomic mass is 9.30. The normalized spacial score (nSPS) is 48.2. The molecule has 0 radical (unpaired) electrons. The first kappa shape index (κ1) is 63.2. The fraction of sp³-hybridized carbons (Fsp3) is 0.647. The molecule has 11 fully saturated rings. The molecule has 3 spiro atoms. The van der Waals surface area contributed by atoms with Crippen molar-refractivity contribution in [3.63, 3.8) is 0 Å². The third kappa shape index (κ3) is 8.55. The highest BCUT2D eigenvalue weighted by Gasteiger charge is 2.90. The highest BCUT2D eigenvalue weighted by atomic mass is 16.5. The number of esters is 1. The first-order valence-electron chi connectivity index (χ1n) is 38.1. The Bertz CT molecular complexity index is 3810. The van der Waals surface area contributed by atoms with Gasteiger partial charge in [-0.25, -0.2) is 4.79 Å². The zero-order valence-electron chi connectivity index (χ0n) is 56.6. The molecule has 11 nitrogen and oxygen atoms in total. The number of hydrogen-bond acceptors (Lipinski definition) is 11. The third-order valence-corrected chi connectivity index (χ3v) is 32.1. The van der Waals surface area contributed by atoms with Gasteiger partial charge in [0, 0.05) is 63.0 Å². The van der Waals surface area contributed by atoms with E-state index in [0.29, 0.717) is 74.2 Å². The van der Waals surface area contributed by atoms with E-state index >= 15 is 20.1 Å². The Kier molecular flexibility index (Phi) is 15.0. The van der Waals surface area contributed by atoms with Gasteiger partial charge in [0.15, 0.2) is 0 Å². The van der Waals surface area contributed by atoms with Crippen LogP contribution in [0.5, 0.6) is 0 Å². The molecule has 4 aromatic carbocycles. The van der Waals surface area contributed by atoms with Crippen molar-refractivity contribution in [2.75, 3.05) is 13.7 Å². The number of rotatable bonds is 7. The van der Waals surface area contributed by atoms with E-state index in [-0.39, 0.29) is 79.9 Å². The van der Waals surface area contributed by atoms with Crippen molar-refractivity contribution in [2.45, 2.75) is 221 Å². The lowest BCUT2D eigenvalue weighted by Gasteiger charge is -2.77. The molecule has 15 aliphatic rings. The second-order valence-electron chi connectivity index (χ2n) is 35.1. The van der Waals surface area contributed by atoms with Gasteiger partial charge < -0.3 is 50.2 Å². The van der Waals surface area contributed by atoms with Crippen molar-refractivity contribution in [3.05, 3.63) is 154 Å². The molecule has 3 heterocycles. The molecule has 12 bridgehead atoms. The van der Waals surface area contributed by atoms with Gasteiger partial charge in [0.1, 0.15) is 23.6 Å². The molecule has 0 aromatic heterocycles. The Balaban J connectivity index is 0.853. The molecule has 7 N–H and O–H groups in total. The Labute approximate surface area is 568 Å². The molecular weight excluding hydrogens is 1190 g/mol. The van der Waals surface area contributed by atoms with E-state index in [1.54, 1.807) is 6.08 Å². The highest BCUT2D eigenvalue weighted by molar-refractivity contribution is 5.87. The van der Waals surface area contributed by atoms with Crippen molar-refractivity contribution in [3.8, 4) is 11.8 Å². The van der Waals surface area contributed by atoms with Crippen molar-refractivity contribution in [1.29, 1.82) is 0 Å². The molecule has 96 heavy (non-hydrogen) atoms. The molecule has 27 atom stereocenters. The molecule has 3 aliphatic heterocycles. The molecule has 4 aromatic rings. The molecule has 1 saturated heterocycles. The Morgan fingerprint density at radius 2 is 1.48 bits per heavy atom. The minimum Gasteiger partial charge on any atom is -0.454 e. The van der Waals surface area contributed by atoms with Gasteiger partial charge in [-0.2, -0.15) is 0 Å². The summed E-state index contributed by atoms with van der Waals surface area (Å²) in [5.74, 6) is 6.36. The summed E-state index contributed by atoms with van der Waals surface area (Å²) in [6.07, 6.45) is 16.6. The van der Waals surface area contributed by atoms with Gasteiger partial charge in [-0.05, 0) is 265 Å².